The van der Waals surface area contributed by atoms with E-state index >= 15 is 0 Å². The highest BCUT2D eigenvalue weighted by Crippen LogP contribution is 2.27. The third kappa shape index (κ3) is 1.99. The van der Waals surface area contributed by atoms with E-state index in [4.69, 9.17) is 0 Å². The lowest BCUT2D eigenvalue weighted by molar-refractivity contribution is 0.554. The Kier molecular flexibility index (Phi) is 2.50. The van der Waals surface area contributed by atoms with Crippen molar-refractivity contribution in [3.63, 3.8) is 0 Å². The molecule has 2 unspecified atom stereocenters. The molecule has 3 rings (SSSR count). The summed E-state index contributed by atoms with van der Waals surface area (Å²) in [5, 5.41) is 3.41. The van der Waals surface area contributed by atoms with E-state index in [1.165, 1.54) is 31.4 Å². The van der Waals surface area contributed by atoms with Crippen molar-refractivity contribution in [1.82, 2.24) is 9.97 Å². The Hall–Kier alpha value is -1.58. The van der Waals surface area contributed by atoms with Gasteiger partial charge < -0.3 is 10.3 Å². The molecule has 1 saturated carbocycles. The van der Waals surface area contributed by atoms with Gasteiger partial charge in [0.05, 0.1) is 11.0 Å². The Balaban J connectivity index is 1.85. The first-order valence-corrected chi connectivity index (χ1v) is 6.14. The van der Waals surface area contributed by atoms with Gasteiger partial charge in [-0.2, -0.15) is 0 Å². The largest absolute Gasteiger partial charge is 0.353 e. The summed E-state index contributed by atoms with van der Waals surface area (Å²) in [6.07, 6.45) is 3.73. The summed E-state index contributed by atoms with van der Waals surface area (Å²) in [6.45, 7) is 2.26. The van der Waals surface area contributed by atoms with E-state index in [0.29, 0.717) is 12.0 Å². The molecule has 1 aromatic heterocycles. The summed E-state index contributed by atoms with van der Waals surface area (Å²) in [5.74, 6) is 1.20. The number of benzene rings is 1. The van der Waals surface area contributed by atoms with Gasteiger partial charge in [0.1, 0.15) is 5.82 Å². The number of nitrogens with zero attached hydrogens (tertiary/aromatic N) is 1. The Bertz CT molecular complexity index is 534. The summed E-state index contributed by atoms with van der Waals surface area (Å²) >= 11 is 0. The highest BCUT2D eigenvalue weighted by Gasteiger charge is 2.23. The van der Waals surface area contributed by atoms with Gasteiger partial charge in [-0.25, -0.2) is 9.37 Å². The molecule has 3 nitrogen and oxygen atoms in total. The summed E-state index contributed by atoms with van der Waals surface area (Å²) in [5.41, 5.74) is 1.55. The molecular weight excluding hydrogens is 217 g/mol. The number of imidazole rings is 1. The van der Waals surface area contributed by atoms with Crippen LogP contribution >= 0.6 is 0 Å². The Morgan fingerprint density at radius 3 is 3.06 bits per heavy atom. The Morgan fingerprint density at radius 2 is 2.29 bits per heavy atom. The van der Waals surface area contributed by atoms with Crippen LogP contribution in [-0.2, 0) is 0 Å². The van der Waals surface area contributed by atoms with E-state index in [2.05, 4.69) is 22.2 Å². The fraction of sp³-hybridized carbons (Fsp3) is 0.462. The van der Waals surface area contributed by atoms with Crippen molar-refractivity contribution in [3.05, 3.63) is 24.0 Å². The second-order valence-corrected chi connectivity index (χ2v) is 4.91. The number of halogens is 1. The molecule has 90 valence electrons. The van der Waals surface area contributed by atoms with Crippen molar-refractivity contribution in [2.45, 2.75) is 32.2 Å². The molecule has 1 aliphatic carbocycles. The maximum Gasteiger partial charge on any atom is 0.201 e. The van der Waals surface area contributed by atoms with Crippen molar-refractivity contribution in [2.75, 3.05) is 5.32 Å². The maximum atomic E-state index is 13.0. The normalized spacial score (nSPS) is 24.4. The quantitative estimate of drug-likeness (QED) is 0.835. The van der Waals surface area contributed by atoms with Crippen LogP contribution in [0.15, 0.2) is 18.2 Å². The van der Waals surface area contributed by atoms with E-state index < -0.39 is 0 Å². The number of hydrogen-bond donors (Lipinski definition) is 2. The number of fused-ring (bicyclic) bond motifs is 1. The number of aromatic nitrogens is 2. The van der Waals surface area contributed by atoms with Crippen LogP contribution in [0.4, 0.5) is 10.3 Å². The third-order valence-electron chi connectivity index (χ3n) is 3.63. The van der Waals surface area contributed by atoms with Crippen LogP contribution < -0.4 is 5.32 Å². The van der Waals surface area contributed by atoms with Crippen LogP contribution in [0, 0.1) is 11.7 Å². The van der Waals surface area contributed by atoms with E-state index in [1.54, 1.807) is 6.07 Å². The van der Waals surface area contributed by atoms with Gasteiger partial charge in [0, 0.05) is 6.04 Å². The van der Waals surface area contributed by atoms with Crippen molar-refractivity contribution in [1.29, 1.82) is 0 Å². The molecule has 0 aliphatic heterocycles. The molecular formula is C13H16FN3. The number of hydrogen-bond acceptors (Lipinski definition) is 2. The lowest BCUT2D eigenvalue weighted by Gasteiger charge is -2.16. The summed E-state index contributed by atoms with van der Waals surface area (Å²) < 4.78 is 13.0. The van der Waals surface area contributed by atoms with Crippen molar-refractivity contribution in [3.8, 4) is 0 Å². The van der Waals surface area contributed by atoms with Gasteiger partial charge in [-0.1, -0.05) is 13.3 Å². The molecule has 1 aliphatic rings. The number of rotatable bonds is 2. The molecule has 0 radical (unpaired) electrons. The first-order valence-electron chi connectivity index (χ1n) is 6.14. The number of anilines is 1. The fourth-order valence-corrected chi connectivity index (χ4v) is 2.59. The molecule has 17 heavy (non-hydrogen) atoms. The van der Waals surface area contributed by atoms with Crippen molar-refractivity contribution >= 4 is 17.0 Å². The molecule has 0 bridgehead atoms. The van der Waals surface area contributed by atoms with Crippen LogP contribution in [0.3, 0.4) is 0 Å². The third-order valence-corrected chi connectivity index (χ3v) is 3.63. The van der Waals surface area contributed by atoms with Gasteiger partial charge in [0.25, 0.3) is 0 Å². The second kappa shape index (κ2) is 4.02. The highest BCUT2D eigenvalue weighted by molar-refractivity contribution is 5.77. The van der Waals surface area contributed by atoms with E-state index in [1.807, 2.05) is 0 Å². The van der Waals surface area contributed by atoms with Crippen LogP contribution in [0.25, 0.3) is 11.0 Å². The van der Waals surface area contributed by atoms with Crippen LogP contribution in [0.2, 0.25) is 0 Å². The predicted octanol–water partition coefficient (Wildman–Crippen LogP) is 3.30. The minimum atomic E-state index is -0.234. The lowest BCUT2D eigenvalue weighted by Crippen LogP contribution is -2.22. The van der Waals surface area contributed by atoms with Crippen LogP contribution in [0.5, 0.6) is 0 Å². The monoisotopic (exact) mass is 233 g/mol. The maximum absolute atomic E-state index is 13.0. The average Bonchev–Trinajstić information content (AvgIpc) is 2.85. The molecule has 0 spiro atoms. The second-order valence-electron chi connectivity index (χ2n) is 4.91. The minimum absolute atomic E-state index is 0.234. The summed E-state index contributed by atoms with van der Waals surface area (Å²) in [6, 6.07) is 5.10. The fourth-order valence-electron chi connectivity index (χ4n) is 2.59. The van der Waals surface area contributed by atoms with Gasteiger partial charge in [0.2, 0.25) is 5.95 Å². The van der Waals surface area contributed by atoms with E-state index in [9.17, 15) is 4.39 Å². The molecule has 2 N–H and O–H groups in total. The Morgan fingerprint density at radius 1 is 1.41 bits per heavy atom. The van der Waals surface area contributed by atoms with E-state index in [-0.39, 0.29) is 5.82 Å². The smallest absolute Gasteiger partial charge is 0.201 e. The summed E-state index contributed by atoms with van der Waals surface area (Å²) in [4.78, 5) is 7.54. The van der Waals surface area contributed by atoms with Gasteiger partial charge in [-0.05, 0) is 37.0 Å². The van der Waals surface area contributed by atoms with Crippen molar-refractivity contribution < 1.29 is 4.39 Å². The molecule has 0 amide bonds. The molecule has 1 aromatic carbocycles. The predicted molar refractivity (Wildman–Crippen MR) is 66.5 cm³/mol. The molecule has 2 atom stereocenters. The van der Waals surface area contributed by atoms with Gasteiger partial charge in [-0.15, -0.1) is 0 Å². The molecule has 2 aromatic rings. The number of nitrogens with one attached hydrogen (secondary N) is 2. The molecule has 4 heteroatoms. The highest BCUT2D eigenvalue weighted by atomic mass is 19.1. The molecule has 1 heterocycles. The van der Waals surface area contributed by atoms with E-state index in [0.717, 1.165) is 17.0 Å². The zero-order valence-corrected chi connectivity index (χ0v) is 9.83. The van der Waals surface area contributed by atoms with Gasteiger partial charge >= 0.3 is 0 Å². The SMILES string of the molecule is CC1CCCC1Nc1nc2ccc(F)cc2[nH]1. The lowest BCUT2D eigenvalue weighted by atomic mass is 10.1. The van der Waals surface area contributed by atoms with Gasteiger partial charge in [0.15, 0.2) is 0 Å². The first-order chi connectivity index (χ1) is 8.22. The van der Waals surface area contributed by atoms with Crippen LogP contribution in [-0.4, -0.2) is 16.0 Å². The van der Waals surface area contributed by atoms with Crippen LogP contribution in [0.1, 0.15) is 26.2 Å². The number of H-pyrrole nitrogens is 1. The standard InChI is InChI=1S/C13H16FN3/c1-8-3-2-4-10(8)15-13-16-11-6-5-9(14)7-12(11)17-13/h5-8,10H,2-4H2,1H3,(H2,15,16,17). The molecule has 0 saturated heterocycles. The minimum Gasteiger partial charge on any atom is -0.353 e. The average molecular weight is 233 g/mol. The first kappa shape index (κ1) is 10.6. The van der Waals surface area contributed by atoms with Crippen molar-refractivity contribution in [2.24, 2.45) is 5.92 Å². The summed E-state index contributed by atoms with van der Waals surface area (Å²) in [7, 11) is 0. The Labute approximate surface area is 99.4 Å². The zero-order valence-electron chi connectivity index (χ0n) is 9.83. The number of aromatic amines is 1. The topological polar surface area (TPSA) is 40.7 Å². The molecule has 1 fully saturated rings. The van der Waals surface area contributed by atoms with Gasteiger partial charge in [-0.3, -0.25) is 0 Å². The zero-order chi connectivity index (χ0) is 11.8.